The van der Waals surface area contributed by atoms with Gasteiger partial charge in [-0.2, -0.15) is 0 Å². The maximum atomic E-state index is 13.9. The summed E-state index contributed by atoms with van der Waals surface area (Å²) in [5.41, 5.74) is 0.649. The Morgan fingerprint density at radius 1 is 0.457 bits per heavy atom. The molecule has 2 amide bonds. The lowest BCUT2D eigenvalue weighted by atomic mass is 9.79. The average Bonchev–Trinajstić information content (AvgIpc) is 0.777. The summed E-state index contributed by atoms with van der Waals surface area (Å²) in [7, 11) is 0. The molecule has 0 saturated carbocycles. The minimum atomic E-state index is -1.92. The van der Waals surface area contributed by atoms with E-state index in [9.17, 15) is 38.7 Å². The summed E-state index contributed by atoms with van der Waals surface area (Å²) >= 11 is 17.1. The fourth-order valence-corrected chi connectivity index (χ4v) is 15.7. The van der Waals surface area contributed by atoms with Gasteiger partial charge >= 0.3 is 42.0 Å². The summed E-state index contributed by atoms with van der Waals surface area (Å²) < 4.78 is 75.3. The largest absolute Gasteiger partial charge is 0.463 e. The Kier molecular flexibility index (Phi) is 50.1. The highest BCUT2D eigenvalue weighted by molar-refractivity contribution is 6.76. The van der Waals surface area contributed by atoms with E-state index in [1.165, 1.54) is 110 Å². The minimum absolute atomic E-state index is 0. The highest BCUT2D eigenvalue weighted by Crippen LogP contribution is 2.42. The zero-order chi connectivity index (χ0) is 94.3. The number of esters is 5. The van der Waals surface area contributed by atoms with Gasteiger partial charge in [0.05, 0.1) is 66.4 Å². The van der Waals surface area contributed by atoms with Crippen LogP contribution in [-0.2, 0) is 66.4 Å². The molecule has 3 saturated heterocycles. The fourth-order valence-electron chi connectivity index (χ4n) is 15.6. The topological polar surface area (TPSA) is 308 Å². The molecule has 0 aromatic heterocycles. The van der Waals surface area contributed by atoms with E-state index >= 15 is 0 Å². The van der Waals surface area contributed by atoms with E-state index in [-0.39, 0.29) is 56.4 Å². The predicted molar refractivity (Wildman–Crippen MR) is 504 cm³/mol. The summed E-state index contributed by atoms with van der Waals surface area (Å²) in [5, 5.41) is 23.7. The van der Waals surface area contributed by atoms with Crippen molar-refractivity contribution in [2.75, 3.05) is 26.4 Å². The number of benzene rings is 5. The van der Waals surface area contributed by atoms with Crippen LogP contribution in [0.2, 0.25) is 0 Å². The highest BCUT2D eigenvalue weighted by atomic mass is 35.6. The van der Waals surface area contributed by atoms with E-state index in [4.69, 9.17) is 102 Å². The van der Waals surface area contributed by atoms with Gasteiger partial charge in [0, 0.05) is 25.7 Å². The second kappa shape index (κ2) is 58.9. The monoisotopic (exact) mass is 1860 g/mol. The van der Waals surface area contributed by atoms with Gasteiger partial charge in [-0.15, -0.1) is 0 Å². The van der Waals surface area contributed by atoms with Crippen LogP contribution in [0, 0.1) is 35.0 Å². The number of hydrogen-bond donors (Lipinski definition) is 4. The van der Waals surface area contributed by atoms with Gasteiger partial charge in [0.25, 0.3) is 3.79 Å². The summed E-state index contributed by atoms with van der Waals surface area (Å²) in [6.45, 7) is 26.2. The normalized spacial score (nSPS) is 21.1. The van der Waals surface area contributed by atoms with Crippen LogP contribution >= 0.6 is 34.8 Å². The zero-order valence-corrected chi connectivity index (χ0v) is 81.0. The Hall–Kier alpha value is -7.91. The van der Waals surface area contributed by atoms with Gasteiger partial charge in [-0.1, -0.05) is 328 Å². The number of aliphatic hydroxyl groups excluding tert-OH is 1. The molecule has 3 fully saturated rings. The summed E-state index contributed by atoms with van der Waals surface area (Å²) in [5.74, 6) is -3.14. The Morgan fingerprint density at radius 3 is 1.19 bits per heavy atom. The van der Waals surface area contributed by atoms with Crippen molar-refractivity contribution in [2.45, 2.75) is 353 Å². The van der Waals surface area contributed by atoms with E-state index in [2.05, 4.69) is 45.3 Å². The Labute approximate surface area is 784 Å². The van der Waals surface area contributed by atoms with Crippen LogP contribution in [0.4, 0.5) is 9.59 Å². The second-order valence-corrected chi connectivity index (χ2v) is 38.6. The van der Waals surface area contributed by atoms with Gasteiger partial charge in [0.2, 0.25) is 12.2 Å². The Morgan fingerprint density at radius 2 is 0.814 bits per heavy atom. The number of carbonyl (C=O) groups is 7. The highest BCUT2D eigenvalue weighted by Gasteiger charge is 2.49. The molecule has 8 rings (SSSR count). The number of rotatable bonds is 48. The number of carbonyl (C=O) groups excluding carboxylic acids is 7. The molecular formula is C102H150Cl3N3O21. The van der Waals surface area contributed by atoms with Crippen molar-refractivity contribution in [3.63, 3.8) is 0 Å². The number of aliphatic hydroxyl groups is 1. The van der Waals surface area contributed by atoms with Gasteiger partial charge in [-0.3, -0.25) is 10.2 Å². The molecule has 3 aliphatic heterocycles. The zero-order valence-electron chi connectivity index (χ0n) is 78.7. The van der Waals surface area contributed by atoms with Crippen LogP contribution in [0.15, 0.2) is 152 Å². The van der Waals surface area contributed by atoms with Crippen molar-refractivity contribution in [3.8, 4) is 0 Å². The third-order valence-corrected chi connectivity index (χ3v) is 23.9. The summed E-state index contributed by atoms with van der Waals surface area (Å²) in [6, 6.07) is 41.9. The van der Waals surface area contributed by atoms with Crippen molar-refractivity contribution in [1.82, 2.24) is 10.6 Å². The van der Waals surface area contributed by atoms with Crippen LogP contribution in [0.3, 0.4) is 0 Å². The molecule has 4 N–H and O–H groups in total. The minimum Gasteiger partial charge on any atom is -0.463 e. The number of fused-ring (bicyclic) bond motifs is 1. The van der Waals surface area contributed by atoms with Crippen molar-refractivity contribution in [1.29, 1.82) is 5.41 Å². The van der Waals surface area contributed by atoms with E-state index < -0.39 is 131 Å². The first-order valence-corrected chi connectivity index (χ1v) is 48.1. The van der Waals surface area contributed by atoms with Crippen LogP contribution in [-0.4, -0.2) is 162 Å². The predicted octanol–water partition coefficient (Wildman–Crippen LogP) is 23.8. The standard InChI is InChI=1S/C48H73NO10.C37H55NO7.C17H20Cl3NO4.H2/c1-9-10-11-12-13-14-15-16-17-18-19-26-31-41(56-44(51)38-27-22-20-23-28-38)43(58-45(52)39-29-24-21-25-30-39)40(49-47(53)59-48(6,7)8)32-55-46-36(4)34(2)35(3)42(57-46)33-54-37(5)50;1-5-6-7-8-9-10-11-12-13-14-15-22-27-32(43-34(40)29-23-18-16-19-24-29)33(44-35(41)30-25-20-17-21-26-30)31(28-39)38-36(42)45-37(2,3)4;1-9-10(2)14(25-16(21)17(18,19)20)23-12-8-22-15(24-13(9)12)11-6-4-3-5-7-11;/h20-25,27-30,34-36,40-43,46H,9-19,26,31-33H2,1-8H3,(H,49,53);16-21,23-26,31-33,39H,5-15,22,27-28H2,1-4H3,(H,38,42);3-7,9-10,12-15,21H,8H2,1-2H3;1H/t34?,35?,36?,40-,41+,42?,43-,46?;31-,32+,33-;;/m00../s1/i;;;1+1. The van der Waals surface area contributed by atoms with Crippen LogP contribution < -0.4 is 10.6 Å². The first kappa shape index (κ1) is 110. The smallest absolute Gasteiger partial charge is 0.408 e. The van der Waals surface area contributed by atoms with E-state index in [0.29, 0.717) is 54.5 Å². The molecule has 17 atom stereocenters. The molecule has 0 aliphatic carbocycles. The maximum Gasteiger partial charge on any atom is 0.408 e. The molecule has 0 spiro atoms. The molecular weight excluding hydrogens is 1710 g/mol. The second-order valence-electron chi connectivity index (χ2n) is 36.3. The van der Waals surface area contributed by atoms with E-state index in [1.54, 1.807) is 157 Å². The number of hydrogen-bond acceptors (Lipinski definition) is 22. The lowest BCUT2D eigenvalue weighted by Crippen LogP contribution is -2.56. The lowest BCUT2D eigenvalue weighted by Gasteiger charge is -2.47. The summed E-state index contributed by atoms with van der Waals surface area (Å²) in [4.78, 5) is 92.1. The number of halogens is 3. The van der Waals surface area contributed by atoms with Crippen molar-refractivity contribution < 1.29 is 102 Å². The molecule has 5 aromatic rings. The maximum absolute atomic E-state index is 13.9. The van der Waals surface area contributed by atoms with Crippen LogP contribution in [0.25, 0.3) is 0 Å². The van der Waals surface area contributed by atoms with Gasteiger partial charge < -0.3 is 77.3 Å². The van der Waals surface area contributed by atoms with Gasteiger partial charge in [0.1, 0.15) is 36.1 Å². The summed E-state index contributed by atoms with van der Waals surface area (Å²) in [6.07, 6.45) is 20.2. The fraction of sp³-hybridized carbons (Fsp3) is 0.627. The lowest BCUT2D eigenvalue weighted by molar-refractivity contribution is -0.333. The first-order valence-electron chi connectivity index (χ1n) is 47.0. The van der Waals surface area contributed by atoms with Crippen molar-refractivity contribution >= 4 is 82.7 Å². The Balaban J connectivity index is 0.000000370. The van der Waals surface area contributed by atoms with E-state index in [1.807, 2.05) is 50.2 Å². The number of alkyl halides is 3. The molecule has 129 heavy (non-hydrogen) atoms. The molecule has 0 bridgehead atoms. The van der Waals surface area contributed by atoms with Crippen LogP contribution in [0.1, 0.15) is 319 Å². The first-order chi connectivity index (χ1) is 61.6. The number of ether oxygens (including phenoxy) is 13. The molecule has 0 radical (unpaired) electrons. The molecule has 11 unspecified atom stereocenters. The molecule has 3 aliphatic rings. The number of nitrogens with one attached hydrogen (secondary N) is 3. The number of unbranched alkanes of at least 4 members (excludes halogenated alkanes) is 22. The van der Waals surface area contributed by atoms with Gasteiger partial charge in [-0.25, -0.2) is 28.8 Å². The van der Waals surface area contributed by atoms with Crippen molar-refractivity contribution in [2.24, 2.45) is 29.6 Å². The van der Waals surface area contributed by atoms with E-state index in [0.717, 1.165) is 44.1 Å². The quantitative estimate of drug-likeness (QED) is 0.00702. The number of alkyl carbamates (subject to hydrolysis) is 2. The van der Waals surface area contributed by atoms with Gasteiger partial charge in [0.15, 0.2) is 24.8 Å². The molecule has 24 nitrogen and oxygen atoms in total. The van der Waals surface area contributed by atoms with Gasteiger partial charge in [-0.05, 0) is 134 Å². The third kappa shape index (κ3) is 41.4. The number of amides is 2. The molecule has 5 aromatic carbocycles. The SMILES string of the molecule is CC1C(OC(=N)C(Cl)(Cl)Cl)OC2COC(c3ccccc3)OC2C1C.CCCCCCCCCCCCCC[C@@H](OC(=O)c1ccccc1)[C@@H](OC(=O)c1ccccc1)[C@H](CO)NC(=O)OC(C)(C)C.CCCCCCCCCCCCCC[C@@H](OC(=O)c1ccccc1)[C@@H](OC(=O)c1ccccc1)[C@H](COC1OC(COC(C)=O)C(C)C(C)C1C)NC(=O)OC(C)(C)C.[2HH]. The molecule has 3 heterocycles. The average molecular weight is 1860 g/mol. The van der Waals surface area contributed by atoms with Crippen molar-refractivity contribution in [3.05, 3.63) is 179 Å². The Bertz CT molecular complexity index is 4020. The van der Waals surface area contributed by atoms with Crippen LogP contribution in [0.5, 0.6) is 0 Å². The third-order valence-electron chi connectivity index (χ3n) is 23.4. The molecule has 27 heteroatoms. The molecule has 720 valence electrons.